The fourth-order valence-corrected chi connectivity index (χ4v) is 4.96. The number of hydrogen-bond donors (Lipinski definition) is 1. The Morgan fingerprint density at radius 1 is 1.10 bits per heavy atom. The molecular formula is C18H34N2O. The summed E-state index contributed by atoms with van der Waals surface area (Å²) in [4.78, 5) is 2.86. The summed E-state index contributed by atoms with van der Waals surface area (Å²) in [6.45, 7) is 9.09. The molecule has 0 aromatic carbocycles. The number of rotatable bonds is 4. The maximum atomic E-state index is 5.71. The summed E-state index contributed by atoms with van der Waals surface area (Å²) in [7, 11) is 0. The molecule has 2 atom stereocenters. The molecule has 3 heteroatoms. The minimum absolute atomic E-state index is 0.365. The monoisotopic (exact) mass is 294 g/mol. The lowest BCUT2D eigenvalue weighted by atomic mass is 9.79. The summed E-state index contributed by atoms with van der Waals surface area (Å²) < 4.78 is 5.71. The maximum absolute atomic E-state index is 5.71. The zero-order valence-electron chi connectivity index (χ0n) is 14.1. The molecule has 1 aliphatic carbocycles. The van der Waals surface area contributed by atoms with Crippen molar-refractivity contribution in [3.05, 3.63) is 0 Å². The molecule has 21 heavy (non-hydrogen) atoms. The fraction of sp³-hybridized carbons (Fsp3) is 1.00. The molecule has 0 amide bonds. The fourth-order valence-electron chi connectivity index (χ4n) is 4.96. The summed E-state index contributed by atoms with van der Waals surface area (Å²) in [5.41, 5.74) is 0.365. The van der Waals surface area contributed by atoms with Gasteiger partial charge in [0.05, 0.1) is 6.61 Å². The molecular weight excluding hydrogens is 260 g/mol. The predicted molar refractivity (Wildman–Crippen MR) is 87.6 cm³/mol. The highest BCUT2D eigenvalue weighted by molar-refractivity contribution is 5.02. The number of piperazine rings is 1. The van der Waals surface area contributed by atoms with E-state index in [1.165, 1.54) is 64.5 Å². The topological polar surface area (TPSA) is 24.5 Å². The van der Waals surface area contributed by atoms with Gasteiger partial charge in [-0.15, -0.1) is 0 Å². The zero-order chi connectivity index (χ0) is 14.7. The van der Waals surface area contributed by atoms with E-state index in [2.05, 4.69) is 24.1 Å². The Morgan fingerprint density at radius 2 is 1.86 bits per heavy atom. The smallest absolute Gasteiger partial charge is 0.0622 e. The molecule has 1 N–H and O–H groups in total. The van der Waals surface area contributed by atoms with Gasteiger partial charge in [0.15, 0.2) is 0 Å². The van der Waals surface area contributed by atoms with Gasteiger partial charge in [-0.05, 0) is 38.0 Å². The molecule has 122 valence electrons. The zero-order valence-corrected chi connectivity index (χ0v) is 14.1. The van der Waals surface area contributed by atoms with Gasteiger partial charge in [-0.3, -0.25) is 4.90 Å². The van der Waals surface area contributed by atoms with Gasteiger partial charge in [-0.25, -0.2) is 0 Å². The first-order chi connectivity index (χ1) is 10.3. The van der Waals surface area contributed by atoms with Gasteiger partial charge in [0.2, 0.25) is 0 Å². The highest BCUT2D eigenvalue weighted by atomic mass is 16.5. The van der Waals surface area contributed by atoms with Crippen LogP contribution in [0.1, 0.15) is 65.2 Å². The van der Waals surface area contributed by atoms with Crippen molar-refractivity contribution in [1.29, 1.82) is 0 Å². The highest BCUT2D eigenvalue weighted by Crippen LogP contribution is 2.35. The molecule has 3 fully saturated rings. The van der Waals surface area contributed by atoms with E-state index >= 15 is 0 Å². The maximum Gasteiger partial charge on any atom is 0.0622 e. The van der Waals surface area contributed by atoms with Crippen LogP contribution in [0.3, 0.4) is 0 Å². The van der Waals surface area contributed by atoms with Crippen molar-refractivity contribution >= 4 is 0 Å². The molecule has 0 bridgehead atoms. The third-order valence-corrected chi connectivity index (χ3v) is 6.58. The van der Waals surface area contributed by atoms with Gasteiger partial charge >= 0.3 is 0 Å². The van der Waals surface area contributed by atoms with Gasteiger partial charge in [-0.2, -0.15) is 0 Å². The number of nitrogens with one attached hydrogen (secondary N) is 1. The lowest BCUT2D eigenvalue weighted by molar-refractivity contribution is -0.0203. The van der Waals surface area contributed by atoms with Crippen molar-refractivity contribution in [2.45, 2.75) is 82.8 Å². The quantitative estimate of drug-likeness (QED) is 0.862. The number of ether oxygens (including phenoxy) is 1. The molecule has 3 nitrogen and oxygen atoms in total. The third kappa shape index (κ3) is 3.16. The Bertz CT molecular complexity index is 317. The van der Waals surface area contributed by atoms with Crippen molar-refractivity contribution < 1.29 is 4.74 Å². The molecule has 0 spiro atoms. The summed E-state index contributed by atoms with van der Waals surface area (Å²) in [6.07, 6.45) is 11.0. The molecule has 2 saturated heterocycles. The number of nitrogens with zero attached hydrogens (tertiary/aromatic N) is 1. The third-order valence-electron chi connectivity index (χ3n) is 6.58. The van der Waals surface area contributed by atoms with Gasteiger partial charge in [0.25, 0.3) is 0 Å². The normalized spacial score (nSPS) is 35.1. The van der Waals surface area contributed by atoms with Crippen molar-refractivity contribution in [1.82, 2.24) is 10.2 Å². The van der Waals surface area contributed by atoms with Crippen LogP contribution in [0.25, 0.3) is 0 Å². The average molecular weight is 294 g/mol. The molecule has 3 aliphatic rings. The van der Waals surface area contributed by atoms with Crippen LogP contribution in [0, 0.1) is 5.92 Å². The van der Waals surface area contributed by atoms with Crippen LogP contribution in [0.4, 0.5) is 0 Å². The van der Waals surface area contributed by atoms with Gasteiger partial charge in [0, 0.05) is 37.3 Å². The van der Waals surface area contributed by atoms with E-state index < -0.39 is 0 Å². The van der Waals surface area contributed by atoms with Crippen LogP contribution in [0.2, 0.25) is 0 Å². The summed E-state index contributed by atoms with van der Waals surface area (Å²) in [6, 6.07) is 1.38. The largest absolute Gasteiger partial charge is 0.380 e. The highest BCUT2D eigenvalue weighted by Gasteiger charge is 2.44. The van der Waals surface area contributed by atoms with E-state index in [1.54, 1.807) is 0 Å². The Hall–Kier alpha value is -0.120. The van der Waals surface area contributed by atoms with Gasteiger partial charge < -0.3 is 10.1 Å². The standard InChI is InChI=1S/C18H34N2O/c1-3-18(4-2)14-19-17(15-8-6-5-7-9-15)12-20(18)16-10-11-21-13-16/h15-17,19H,3-14H2,1-2H3. The minimum Gasteiger partial charge on any atom is -0.380 e. The molecule has 0 aromatic rings. The second-order valence-electron chi connectivity index (χ2n) is 7.49. The molecule has 3 rings (SSSR count). The van der Waals surface area contributed by atoms with Crippen molar-refractivity contribution in [2.75, 3.05) is 26.3 Å². The molecule has 2 aliphatic heterocycles. The molecule has 0 radical (unpaired) electrons. The van der Waals surface area contributed by atoms with Gasteiger partial charge in [-0.1, -0.05) is 33.1 Å². The van der Waals surface area contributed by atoms with Crippen LogP contribution >= 0.6 is 0 Å². The Balaban J connectivity index is 1.72. The summed E-state index contributed by atoms with van der Waals surface area (Å²) >= 11 is 0. The molecule has 0 aromatic heterocycles. The lowest BCUT2D eigenvalue weighted by Gasteiger charge is -2.53. The first kappa shape index (κ1) is 15.8. The Morgan fingerprint density at radius 3 is 2.48 bits per heavy atom. The van der Waals surface area contributed by atoms with Crippen LogP contribution < -0.4 is 5.32 Å². The average Bonchev–Trinajstić information content (AvgIpc) is 3.09. The SMILES string of the molecule is CCC1(CC)CNC(C2CCCCC2)CN1C1CCOC1. The summed E-state index contributed by atoms with van der Waals surface area (Å²) in [5.74, 6) is 0.912. The van der Waals surface area contributed by atoms with Crippen molar-refractivity contribution in [3.63, 3.8) is 0 Å². The van der Waals surface area contributed by atoms with E-state index in [0.29, 0.717) is 11.6 Å². The second-order valence-corrected chi connectivity index (χ2v) is 7.49. The summed E-state index contributed by atoms with van der Waals surface area (Å²) in [5, 5.41) is 3.95. The van der Waals surface area contributed by atoms with E-state index in [0.717, 1.165) is 25.2 Å². The van der Waals surface area contributed by atoms with Crippen LogP contribution in [0.5, 0.6) is 0 Å². The van der Waals surface area contributed by atoms with Crippen molar-refractivity contribution in [3.8, 4) is 0 Å². The van der Waals surface area contributed by atoms with Crippen molar-refractivity contribution in [2.24, 2.45) is 5.92 Å². The van der Waals surface area contributed by atoms with Gasteiger partial charge in [0.1, 0.15) is 0 Å². The molecule has 1 saturated carbocycles. The first-order valence-corrected chi connectivity index (χ1v) is 9.37. The predicted octanol–water partition coefficient (Wildman–Crippen LogP) is 3.19. The molecule has 2 unspecified atom stereocenters. The van der Waals surface area contributed by atoms with Crippen LogP contribution in [-0.2, 0) is 4.74 Å². The van der Waals surface area contributed by atoms with E-state index in [1.807, 2.05) is 0 Å². The van der Waals surface area contributed by atoms with Crippen LogP contribution in [-0.4, -0.2) is 48.8 Å². The number of hydrogen-bond acceptors (Lipinski definition) is 3. The van der Waals surface area contributed by atoms with E-state index in [9.17, 15) is 0 Å². The minimum atomic E-state index is 0.365. The Kier molecular flexibility index (Phi) is 5.23. The van der Waals surface area contributed by atoms with Crippen LogP contribution in [0.15, 0.2) is 0 Å². The van der Waals surface area contributed by atoms with E-state index in [-0.39, 0.29) is 0 Å². The molecule has 2 heterocycles. The Labute approximate surface area is 130 Å². The van der Waals surface area contributed by atoms with E-state index in [4.69, 9.17) is 4.74 Å². The first-order valence-electron chi connectivity index (χ1n) is 9.37. The lowest BCUT2D eigenvalue weighted by Crippen LogP contribution is -2.68. The second kappa shape index (κ2) is 6.97.